The smallest absolute Gasteiger partial charge is 0.211 e. The van der Waals surface area contributed by atoms with Gasteiger partial charge in [-0.1, -0.05) is 42.5 Å². The first-order valence-electron chi connectivity index (χ1n) is 6.08. The van der Waals surface area contributed by atoms with Crippen molar-refractivity contribution in [1.82, 2.24) is 0 Å². The van der Waals surface area contributed by atoms with E-state index in [4.69, 9.17) is 0 Å². The van der Waals surface area contributed by atoms with Crippen LogP contribution in [0.25, 0.3) is 11.1 Å². The van der Waals surface area contributed by atoms with Crippen LogP contribution in [0.15, 0.2) is 47.5 Å². The maximum Gasteiger partial charge on any atom is 0.235 e. The zero-order valence-corrected chi connectivity index (χ0v) is 10.2. The van der Waals surface area contributed by atoms with Crippen LogP contribution in [-0.4, -0.2) is 6.08 Å². The normalized spacial score (nSPS) is 13.4. The van der Waals surface area contributed by atoms with E-state index in [1.54, 1.807) is 6.08 Å². The Morgan fingerprint density at radius 3 is 2.72 bits per heavy atom. The first kappa shape index (κ1) is 10.9. The lowest BCUT2D eigenvalue weighted by molar-refractivity contribution is 0.559. The molecule has 18 heavy (non-hydrogen) atoms. The van der Waals surface area contributed by atoms with E-state index >= 15 is 0 Å². The number of benzene rings is 2. The van der Waals surface area contributed by atoms with Crippen LogP contribution in [0.1, 0.15) is 29.7 Å². The van der Waals surface area contributed by atoms with E-state index in [2.05, 4.69) is 41.4 Å². The lowest BCUT2D eigenvalue weighted by Gasteiger charge is -2.10. The number of rotatable bonds is 2. The molecule has 2 aromatic carbocycles. The van der Waals surface area contributed by atoms with Gasteiger partial charge in [0, 0.05) is 0 Å². The van der Waals surface area contributed by atoms with Gasteiger partial charge < -0.3 is 0 Å². The second-order valence-electron chi connectivity index (χ2n) is 4.60. The highest BCUT2D eigenvalue weighted by atomic mass is 16.1. The molecule has 0 aliphatic heterocycles. The second-order valence-corrected chi connectivity index (χ2v) is 4.60. The van der Waals surface area contributed by atoms with Crippen molar-refractivity contribution in [2.24, 2.45) is 4.99 Å². The fraction of sp³-hybridized carbons (Fsp3) is 0.188. The van der Waals surface area contributed by atoms with Crippen LogP contribution in [0.4, 0.5) is 0 Å². The van der Waals surface area contributed by atoms with E-state index in [0.717, 1.165) is 12.0 Å². The van der Waals surface area contributed by atoms with E-state index < -0.39 is 0 Å². The van der Waals surface area contributed by atoms with Crippen molar-refractivity contribution in [3.8, 4) is 11.1 Å². The number of fused-ring (bicyclic) bond motifs is 3. The maximum atomic E-state index is 10.4. The average Bonchev–Trinajstić information content (AvgIpc) is 2.77. The Balaban J connectivity index is 2.17. The molecule has 2 aromatic rings. The zero-order chi connectivity index (χ0) is 12.5. The molecule has 1 aliphatic rings. The highest BCUT2D eigenvalue weighted by Gasteiger charge is 2.22. The van der Waals surface area contributed by atoms with E-state index in [-0.39, 0.29) is 6.04 Å². The van der Waals surface area contributed by atoms with Gasteiger partial charge >= 0.3 is 0 Å². The van der Waals surface area contributed by atoms with Gasteiger partial charge in [-0.3, -0.25) is 0 Å². The molecule has 0 N–H and O–H groups in total. The minimum Gasteiger partial charge on any atom is -0.211 e. The summed E-state index contributed by atoms with van der Waals surface area (Å²) in [6, 6.07) is 14.5. The minimum absolute atomic E-state index is 0.119. The van der Waals surface area contributed by atoms with Crippen LogP contribution in [0.3, 0.4) is 0 Å². The largest absolute Gasteiger partial charge is 0.235 e. The molecule has 1 atom stereocenters. The fourth-order valence-electron chi connectivity index (χ4n) is 2.72. The molecular formula is C16H13NO. The second kappa shape index (κ2) is 4.25. The van der Waals surface area contributed by atoms with E-state index in [0.29, 0.717) is 0 Å². The van der Waals surface area contributed by atoms with Crippen LogP contribution in [0.2, 0.25) is 0 Å². The molecule has 0 saturated carbocycles. The Labute approximate surface area is 106 Å². The van der Waals surface area contributed by atoms with Crippen molar-refractivity contribution in [1.29, 1.82) is 0 Å². The summed E-state index contributed by atoms with van der Waals surface area (Å²) in [7, 11) is 0. The topological polar surface area (TPSA) is 29.4 Å². The van der Waals surface area contributed by atoms with Crippen LogP contribution in [0.5, 0.6) is 0 Å². The molecule has 1 unspecified atom stereocenters. The zero-order valence-electron chi connectivity index (χ0n) is 10.2. The van der Waals surface area contributed by atoms with Gasteiger partial charge in [-0.15, -0.1) is 0 Å². The summed E-state index contributed by atoms with van der Waals surface area (Å²) in [6.07, 6.45) is 2.58. The molecule has 0 radical (unpaired) electrons. The van der Waals surface area contributed by atoms with E-state index in [9.17, 15) is 4.79 Å². The predicted molar refractivity (Wildman–Crippen MR) is 71.2 cm³/mol. The molecule has 2 nitrogen and oxygen atoms in total. The highest BCUT2D eigenvalue weighted by Crippen LogP contribution is 2.40. The molecule has 0 bridgehead atoms. The molecule has 0 aromatic heterocycles. The summed E-state index contributed by atoms with van der Waals surface area (Å²) >= 11 is 0. The predicted octanol–water partition coefficient (Wildman–Crippen LogP) is 3.65. The molecule has 3 rings (SSSR count). The van der Waals surface area contributed by atoms with Crippen molar-refractivity contribution in [3.63, 3.8) is 0 Å². The van der Waals surface area contributed by atoms with Crippen molar-refractivity contribution >= 4 is 6.08 Å². The van der Waals surface area contributed by atoms with Gasteiger partial charge in [0.15, 0.2) is 0 Å². The van der Waals surface area contributed by atoms with E-state index in [1.807, 2.05) is 13.0 Å². The molecule has 1 aliphatic carbocycles. The third-order valence-electron chi connectivity index (χ3n) is 3.58. The Morgan fingerprint density at radius 1 is 1.11 bits per heavy atom. The Hall–Kier alpha value is -2.18. The summed E-state index contributed by atoms with van der Waals surface area (Å²) in [4.78, 5) is 14.2. The first-order chi connectivity index (χ1) is 8.81. The van der Waals surface area contributed by atoms with Crippen molar-refractivity contribution < 1.29 is 4.79 Å². The quantitative estimate of drug-likeness (QED) is 0.492. The first-order valence-corrected chi connectivity index (χ1v) is 6.08. The number of hydrogen-bond acceptors (Lipinski definition) is 2. The molecule has 0 spiro atoms. The van der Waals surface area contributed by atoms with E-state index in [1.165, 1.54) is 22.3 Å². The number of aliphatic imine (C=N–C) groups is 1. The minimum atomic E-state index is -0.119. The molecule has 2 heteroatoms. The average molecular weight is 235 g/mol. The van der Waals surface area contributed by atoms with Gasteiger partial charge in [-0.05, 0) is 41.2 Å². The SMILES string of the molecule is CC(N=C=O)c1cccc2c1Cc1ccccc1-2. The van der Waals surface area contributed by atoms with Crippen molar-refractivity contribution in [3.05, 3.63) is 59.2 Å². The summed E-state index contributed by atoms with van der Waals surface area (Å²) in [6.45, 7) is 1.93. The fourth-order valence-corrected chi connectivity index (χ4v) is 2.72. The van der Waals surface area contributed by atoms with Crippen molar-refractivity contribution in [2.75, 3.05) is 0 Å². The number of hydrogen-bond donors (Lipinski definition) is 0. The Kier molecular flexibility index (Phi) is 2.58. The Bertz CT molecular complexity index is 654. The summed E-state index contributed by atoms with van der Waals surface area (Å²) in [5, 5.41) is 0. The van der Waals surface area contributed by atoms with Gasteiger partial charge in [0.25, 0.3) is 0 Å². The van der Waals surface area contributed by atoms with Crippen LogP contribution in [0, 0.1) is 0 Å². The lowest BCUT2D eigenvalue weighted by atomic mass is 9.97. The lowest BCUT2D eigenvalue weighted by Crippen LogP contribution is -1.96. The molecule has 0 amide bonds. The summed E-state index contributed by atoms with van der Waals surface area (Å²) in [5.74, 6) is 0. The summed E-state index contributed by atoms with van der Waals surface area (Å²) in [5.41, 5.74) is 6.35. The standard InChI is InChI=1S/C16H13NO/c1-11(17-10-18)13-7-4-8-15-14-6-3-2-5-12(14)9-16(13)15/h2-8,11H,9H2,1H3. The van der Waals surface area contributed by atoms with Crippen LogP contribution >= 0.6 is 0 Å². The van der Waals surface area contributed by atoms with Crippen molar-refractivity contribution in [2.45, 2.75) is 19.4 Å². The summed E-state index contributed by atoms with van der Waals surface area (Å²) < 4.78 is 0. The monoisotopic (exact) mass is 235 g/mol. The highest BCUT2D eigenvalue weighted by molar-refractivity contribution is 5.78. The number of nitrogens with zero attached hydrogens (tertiary/aromatic N) is 1. The van der Waals surface area contributed by atoms with Crippen LogP contribution in [-0.2, 0) is 11.2 Å². The third-order valence-corrected chi connectivity index (χ3v) is 3.58. The molecule has 0 heterocycles. The third kappa shape index (κ3) is 1.59. The van der Waals surface area contributed by atoms with Gasteiger partial charge in [0.05, 0.1) is 6.04 Å². The van der Waals surface area contributed by atoms with Gasteiger partial charge in [0.2, 0.25) is 6.08 Å². The molecule has 0 fully saturated rings. The molecular weight excluding hydrogens is 222 g/mol. The van der Waals surface area contributed by atoms with Crippen LogP contribution < -0.4 is 0 Å². The molecule has 88 valence electrons. The Morgan fingerprint density at radius 2 is 1.89 bits per heavy atom. The van der Waals surface area contributed by atoms with Gasteiger partial charge in [-0.2, -0.15) is 4.99 Å². The van der Waals surface area contributed by atoms with Gasteiger partial charge in [-0.25, -0.2) is 4.79 Å². The number of isocyanates is 1. The number of carbonyl (C=O) groups excluding carboxylic acids is 1. The maximum absolute atomic E-state index is 10.4. The molecule has 0 saturated heterocycles. The van der Waals surface area contributed by atoms with Gasteiger partial charge in [0.1, 0.15) is 0 Å².